The fourth-order valence-electron chi connectivity index (χ4n) is 3.24. The van der Waals surface area contributed by atoms with E-state index in [2.05, 4.69) is 0 Å². The van der Waals surface area contributed by atoms with Gasteiger partial charge < -0.3 is 4.90 Å². The summed E-state index contributed by atoms with van der Waals surface area (Å²) in [6.07, 6.45) is 0.492. The first-order valence-electron chi connectivity index (χ1n) is 9.21. The Labute approximate surface area is 167 Å². The van der Waals surface area contributed by atoms with Gasteiger partial charge >= 0.3 is 0 Å². The van der Waals surface area contributed by atoms with Gasteiger partial charge in [0.05, 0.1) is 17.5 Å². The molecule has 1 heterocycles. The molecule has 0 saturated carbocycles. The average molecular weight is 395 g/mol. The summed E-state index contributed by atoms with van der Waals surface area (Å²) in [4.78, 5) is 49.5. The molecule has 1 saturated heterocycles. The Hall–Kier alpha value is -3.55. The van der Waals surface area contributed by atoms with Crippen molar-refractivity contribution in [1.82, 2.24) is 9.80 Å². The predicted molar refractivity (Wildman–Crippen MR) is 105 cm³/mol. The summed E-state index contributed by atoms with van der Waals surface area (Å²) < 4.78 is 0. The van der Waals surface area contributed by atoms with Crippen LogP contribution in [0.4, 0.5) is 5.69 Å². The Morgan fingerprint density at radius 1 is 1.14 bits per heavy atom. The maximum atomic E-state index is 12.8. The van der Waals surface area contributed by atoms with Crippen LogP contribution in [0.3, 0.4) is 0 Å². The number of imide groups is 1. The first-order valence-corrected chi connectivity index (χ1v) is 9.21. The van der Waals surface area contributed by atoms with Crippen LogP contribution in [0.2, 0.25) is 0 Å². The molecule has 0 spiro atoms. The lowest BCUT2D eigenvalue weighted by Gasteiger charge is -2.25. The third-order valence-electron chi connectivity index (χ3n) is 5.16. The van der Waals surface area contributed by atoms with Gasteiger partial charge in [0, 0.05) is 37.6 Å². The molecule has 3 rings (SSSR count). The molecule has 1 atom stereocenters. The Balaban J connectivity index is 1.71. The van der Waals surface area contributed by atoms with E-state index in [1.54, 1.807) is 50.4 Å². The SMILES string of the molecule is C[C@H](c1cccc([N+](=O)[O-])c1)N(C)C(=O)c1ccc(CN2C(=O)CCC2=O)cc1. The molecular weight excluding hydrogens is 374 g/mol. The van der Waals surface area contributed by atoms with Crippen molar-refractivity contribution in [1.29, 1.82) is 0 Å². The van der Waals surface area contributed by atoms with Gasteiger partial charge in [-0.3, -0.25) is 29.4 Å². The quantitative estimate of drug-likeness (QED) is 0.425. The maximum absolute atomic E-state index is 12.8. The minimum atomic E-state index is -0.466. The standard InChI is InChI=1S/C21H21N3O5/c1-14(17-4-3-5-18(12-17)24(28)29)22(2)21(27)16-8-6-15(7-9-16)13-23-19(25)10-11-20(23)26/h3-9,12,14H,10-11,13H2,1-2H3/t14-/m1/s1. The Morgan fingerprint density at radius 2 is 1.76 bits per heavy atom. The van der Waals surface area contributed by atoms with Gasteiger partial charge in [0.25, 0.3) is 11.6 Å². The van der Waals surface area contributed by atoms with Gasteiger partial charge in [-0.2, -0.15) is 0 Å². The zero-order valence-electron chi connectivity index (χ0n) is 16.2. The minimum Gasteiger partial charge on any atom is -0.335 e. The highest BCUT2D eigenvalue weighted by Gasteiger charge is 2.28. The molecule has 8 heteroatoms. The molecule has 0 radical (unpaired) electrons. The van der Waals surface area contributed by atoms with Crippen LogP contribution >= 0.6 is 0 Å². The number of nitro benzene ring substituents is 1. The molecular formula is C21H21N3O5. The first kappa shape index (κ1) is 20.2. The second kappa shape index (κ2) is 8.22. The Bertz CT molecular complexity index is 955. The summed E-state index contributed by atoms with van der Waals surface area (Å²) in [5, 5.41) is 11.0. The molecule has 1 aliphatic rings. The van der Waals surface area contributed by atoms with Crippen molar-refractivity contribution < 1.29 is 19.3 Å². The summed E-state index contributed by atoms with van der Waals surface area (Å²) in [6.45, 7) is 2.00. The van der Waals surface area contributed by atoms with Gasteiger partial charge in [0.15, 0.2) is 0 Å². The molecule has 150 valence electrons. The lowest BCUT2D eigenvalue weighted by molar-refractivity contribution is -0.384. The van der Waals surface area contributed by atoms with Crippen molar-refractivity contribution in [3.8, 4) is 0 Å². The van der Waals surface area contributed by atoms with E-state index >= 15 is 0 Å². The van der Waals surface area contributed by atoms with Crippen molar-refractivity contribution in [2.24, 2.45) is 0 Å². The van der Waals surface area contributed by atoms with Gasteiger partial charge in [-0.15, -0.1) is 0 Å². The second-order valence-electron chi connectivity index (χ2n) is 7.01. The highest BCUT2D eigenvalue weighted by atomic mass is 16.6. The van der Waals surface area contributed by atoms with Crippen LogP contribution in [-0.2, 0) is 16.1 Å². The van der Waals surface area contributed by atoms with E-state index in [0.717, 1.165) is 5.56 Å². The fraction of sp³-hybridized carbons (Fsp3) is 0.286. The third kappa shape index (κ3) is 4.31. The normalized spacial score (nSPS) is 14.8. The van der Waals surface area contributed by atoms with Crippen LogP contribution in [0, 0.1) is 10.1 Å². The van der Waals surface area contributed by atoms with E-state index in [-0.39, 0.29) is 48.8 Å². The molecule has 0 N–H and O–H groups in total. The number of hydrogen-bond donors (Lipinski definition) is 0. The topological polar surface area (TPSA) is 101 Å². The zero-order valence-corrected chi connectivity index (χ0v) is 16.2. The van der Waals surface area contributed by atoms with Gasteiger partial charge in [-0.1, -0.05) is 24.3 Å². The van der Waals surface area contributed by atoms with Crippen LogP contribution in [0.25, 0.3) is 0 Å². The monoisotopic (exact) mass is 395 g/mol. The smallest absolute Gasteiger partial charge is 0.269 e. The first-order chi connectivity index (χ1) is 13.8. The number of benzene rings is 2. The summed E-state index contributed by atoms with van der Waals surface area (Å²) in [7, 11) is 1.64. The molecule has 2 aromatic rings. The maximum Gasteiger partial charge on any atom is 0.269 e. The molecule has 0 unspecified atom stereocenters. The summed E-state index contributed by atoms with van der Waals surface area (Å²) in [6, 6.07) is 12.6. The number of likely N-dealkylation sites (tertiary alicyclic amines) is 1. The summed E-state index contributed by atoms with van der Waals surface area (Å²) in [5.41, 5.74) is 1.86. The molecule has 1 fully saturated rings. The third-order valence-corrected chi connectivity index (χ3v) is 5.16. The van der Waals surface area contributed by atoms with E-state index in [1.165, 1.54) is 21.9 Å². The largest absolute Gasteiger partial charge is 0.335 e. The number of rotatable bonds is 6. The van der Waals surface area contributed by atoms with E-state index in [9.17, 15) is 24.5 Å². The van der Waals surface area contributed by atoms with Crippen molar-refractivity contribution in [2.75, 3.05) is 7.05 Å². The van der Waals surface area contributed by atoms with E-state index in [1.807, 2.05) is 0 Å². The molecule has 2 aromatic carbocycles. The summed E-state index contributed by atoms with van der Waals surface area (Å²) >= 11 is 0. The lowest BCUT2D eigenvalue weighted by Crippen LogP contribution is -2.30. The number of amides is 3. The van der Waals surface area contributed by atoms with Gasteiger partial charge in [0.1, 0.15) is 0 Å². The number of nitro groups is 1. The highest BCUT2D eigenvalue weighted by molar-refractivity contribution is 6.01. The van der Waals surface area contributed by atoms with E-state index in [4.69, 9.17) is 0 Å². The van der Waals surface area contributed by atoms with Crippen molar-refractivity contribution >= 4 is 23.4 Å². The second-order valence-corrected chi connectivity index (χ2v) is 7.01. The number of carbonyl (C=O) groups is 3. The van der Waals surface area contributed by atoms with E-state index in [0.29, 0.717) is 11.1 Å². The molecule has 0 aliphatic carbocycles. The number of non-ortho nitro benzene ring substituents is 1. The van der Waals surface area contributed by atoms with Crippen LogP contribution in [0.15, 0.2) is 48.5 Å². The molecule has 1 aliphatic heterocycles. The van der Waals surface area contributed by atoms with Crippen LogP contribution in [-0.4, -0.2) is 39.5 Å². The Kier molecular flexibility index (Phi) is 5.72. The molecule has 3 amide bonds. The minimum absolute atomic E-state index is 0.0226. The van der Waals surface area contributed by atoms with Gasteiger partial charge in [-0.25, -0.2) is 0 Å². The highest BCUT2D eigenvalue weighted by Crippen LogP contribution is 2.24. The molecule has 0 aromatic heterocycles. The van der Waals surface area contributed by atoms with Crippen LogP contribution in [0.5, 0.6) is 0 Å². The van der Waals surface area contributed by atoms with Crippen LogP contribution < -0.4 is 0 Å². The van der Waals surface area contributed by atoms with E-state index < -0.39 is 4.92 Å². The zero-order chi connectivity index (χ0) is 21.1. The number of hydrogen-bond acceptors (Lipinski definition) is 5. The Morgan fingerprint density at radius 3 is 2.34 bits per heavy atom. The predicted octanol–water partition coefficient (Wildman–Crippen LogP) is 3.08. The molecule has 8 nitrogen and oxygen atoms in total. The molecule has 0 bridgehead atoms. The van der Waals surface area contributed by atoms with Crippen molar-refractivity contribution in [3.63, 3.8) is 0 Å². The van der Waals surface area contributed by atoms with Crippen molar-refractivity contribution in [3.05, 3.63) is 75.3 Å². The van der Waals surface area contributed by atoms with Gasteiger partial charge in [0.2, 0.25) is 11.8 Å². The fourth-order valence-corrected chi connectivity index (χ4v) is 3.24. The lowest BCUT2D eigenvalue weighted by atomic mass is 10.0. The number of nitrogens with zero attached hydrogens (tertiary/aromatic N) is 3. The summed E-state index contributed by atoms with van der Waals surface area (Å²) in [5.74, 6) is -0.592. The van der Waals surface area contributed by atoms with Crippen LogP contribution in [0.1, 0.15) is 47.3 Å². The van der Waals surface area contributed by atoms with Gasteiger partial charge in [-0.05, 0) is 30.2 Å². The molecule has 29 heavy (non-hydrogen) atoms. The average Bonchev–Trinajstić information content (AvgIpc) is 3.04. The number of carbonyl (C=O) groups excluding carboxylic acids is 3. The van der Waals surface area contributed by atoms with Crippen molar-refractivity contribution in [2.45, 2.75) is 32.4 Å².